The average molecular weight is 304 g/mol. The van der Waals surface area contributed by atoms with Gasteiger partial charge in [0.25, 0.3) is 0 Å². The topological polar surface area (TPSA) is 38.3 Å². The number of hydrogen-bond acceptors (Lipinski definition) is 2. The smallest absolute Gasteiger partial charge is 0.224 e. The number of unbranched alkanes of at least 4 members (excludes halogenated alkanes) is 1. The minimum absolute atomic E-state index is 0.0290. The summed E-state index contributed by atoms with van der Waals surface area (Å²) < 4.78 is 5.53. The minimum atomic E-state index is -0.0290. The molecule has 0 aliphatic heterocycles. The van der Waals surface area contributed by atoms with Crippen LogP contribution in [0.5, 0.6) is 5.75 Å². The molecule has 0 saturated heterocycles. The van der Waals surface area contributed by atoms with Gasteiger partial charge in [-0.1, -0.05) is 11.6 Å². The molecule has 1 N–H and O–H groups in total. The molecule has 0 unspecified atom stereocenters. The van der Waals surface area contributed by atoms with Crippen molar-refractivity contribution in [3.63, 3.8) is 0 Å². The molecule has 1 rings (SSSR count). The van der Waals surface area contributed by atoms with Crippen molar-refractivity contribution < 1.29 is 9.53 Å². The van der Waals surface area contributed by atoms with Gasteiger partial charge in [-0.2, -0.15) is 0 Å². The fourth-order valence-electron chi connectivity index (χ4n) is 1.53. The Labute approximate surface area is 124 Å². The van der Waals surface area contributed by atoms with Crippen LogP contribution >= 0.6 is 23.2 Å². The summed E-state index contributed by atoms with van der Waals surface area (Å²) in [5.41, 5.74) is 0.678. The summed E-state index contributed by atoms with van der Waals surface area (Å²) in [6.07, 6.45) is 2.16. The van der Waals surface area contributed by atoms with E-state index in [1.54, 1.807) is 18.2 Å². The van der Waals surface area contributed by atoms with E-state index in [9.17, 15) is 4.79 Å². The molecule has 19 heavy (non-hydrogen) atoms. The molecule has 0 heterocycles. The molecule has 0 aromatic heterocycles. The first-order chi connectivity index (χ1) is 9.02. The maximum atomic E-state index is 11.6. The highest BCUT2D eigenvalue weighted by molar-refractivity contribution is 6.32. The van der Waals surface area contributed by atoms with Crippen LogP contribution in [0.4, 0.5) is 5.69 Å². The number of halogens is 2. The number of carbonyl (C=O) groups is 1. The molecule has 106 valence electrons. The Morgan fingerprint density at radius 1 is 1.37 bits per heavy atom. The molecule has 1 aromatic rings. The third-order valence-corrected chi connectivity index (χ3v) is 2.93. The monoisotopic (exact) mass is 303 g/mol. The summed E-state index contributed by atoms with van der Waals surface area (Å²) in [5, 5.41) is 3.29. The van der Waals surface area contributed by atoms with Crippen LogP contribution < -0.4 is 10.1 Å². The van der Waals surface area contributed by atoms with Crippen molar-refractivity contribution >= 4 is 34.8 Å². The molecule has 0 aliphatic carbocycles. The molecule has 3 nitrogen and oxygen atoms in total. The van der Waals surface area contributed by atoms with Crippen molar-refractivity contribution in [3.05, 3.63) is 23.2 Å². The number of ether oxygens (including phenoxy) is 1. The van der Waals surface area contributed by atoms with Crippen LogP contribution in [0.15, 0.2) is 18.2 Å². The Hall–Kier alpha value is -0.930. The first-order valence-corrected chi connectivity index (χ1v) is 7.26. The molecular formula is C14H19Cl2NO2. The largest absolute Gasteiger partial charge is 0.489 e. The number of carbonyl (C=O) groups excluding carboxylic acids is 1. The summed E-state index contributed by atoms with van der Waals surface area (Å²) in [4.78, 5) is 11.6. The molecule has 0 atom stereocenters. The lowest BCUT2D eigenvalue weighted by Crippen LogP contribution is -2.11. The first-order valence-electron chi connectivity index (χ1n) is 6.35. The second-order valence-electron chi connectivity index (χ2n) is 4.51. The van der Waals surface area contributed by atoms with E-state index in [0.29, 0.717) is 28.8 Å². The van der Waals surface area contributed by atoms with Gasteiger partial charge in [-0.15, -0.1) is 11.6 Å². The van der Waals surface area contributed by atoms with E-state index < -0.39 is 0 Å². The molecule has 0 aliphatic rings. The Morgan fingerprint density at radius 2 is 2.11 bits per heavy atom. The van der Waals surface area contributed by atoms with Crippen LogP contribution in [0.25, 0.3) is 0 Å². The fourth-order valence-corrected chi connectivity index (χ4v) is 1.95. The van der Waals surface area contributed by atoms with Gasteiger partial charge in [-0.05, 0) is 44.9 Å². The van der Waals surface area contributed by atoms with Crippen LogP contribution in [-0.4, -0.2) is 17.9 Å². The highest BCUT2D eigenvalue weighted by Crippen LogP contribution is 2.28. The number of amides is 1. The van der Waals surface area contributed by atoms with Crippen LogP contribution in [0, 0.1) is 0 Å². The van der Waals surface area contributed by atoms with Crippen molar-refractivity contribution in [1.82, 2.24) is 0 Å². The predicted octanol–water partition coefficient (Wildman–Crippen LogP) is 4.47. The summed E-state index contributed by atoms with van der Waals surface area (Å²) in [6, 6.07) is 5.23. The Morgan fingerprint density at radius 3 is 2.68 bits per heavy atom. The van der Waals surface area contributed by atoms with Gasteiger partial charge in [0.2, 0.25) is 5.91 Å². The zero-order valence-electron chi connectivity index (χ0n) is 11.2. The highest BCUT2D eigenvalue weighted by atomic mass is 35.5. The summed E-state index contributed by atoms with van der Waals surface area (Å²) in [7, 11) is 0. The van der Waals surface area contributed by atoms with Crippen molar-refractivity contribution in [3.8, 4) is 5.75 Å². The lowest BCUT2D eigenvalue weighted by Gasteiger charge is -2.12. The molecule has 1 aromatic carbocycles. The predicted molar refractivity (Wildman–Crippen MR) is 80.4 cm³/mol. The number of hydrogen-bond donors (Lipinski definition) is 1. The van der Waals surface area contributed by atoms with Crippen LogP contribution in [0.2, 0.25) is 5.02 Å². The maximum absolute atomic E-state index is 11.6. The second kappa shape index (κ2) is 8.28. The number of rotatable bonds is 7. The molecule has 0 fully saturated rings. The van der Waals surface area contributed by atoms with Crippen LogP contribution in [0.3, 0.4) is 0 Å². The third-order valence-electron chi connectivity index (χ3n) is 2.37. The van der Waals surface area contributed by atoms with Crippen molar-refractivity contribution in [2.24, 2.45) is 0 Å². The van der Waals surface area contributed by atoms with E-state index >= 15 is 0 Å². The molecule has 0 saturated carbocycles. The Balaban J connectivity index is 2.55. The molecule has 0 bridgehead atoms. The summed E-state index contributed by atoms with van der Waals surface area (Å²) in [5.74, 6) is 1.18. The van der Waals surface area contributed by atoms with E-state index in [2.05, 4.69) is 5.32 Å². The highest BCUT2D eigenvalue weighted by Gasteiger charge is 2.07. The molecule has 5 heteroatoms. The van der Waals surface area contributed by atoms with Gasteiger partial charge in [0.15, 0.2) is 0 Å². The zero-order chi connectivity index (χ0) is 14.3. The van der Waals surface area contributed by atoms with Crippen LogP contribution in [0.1, 0.15) is 33.1 Å². The Kier molecular flexibility index (Phi) is 7.03. The standard InChI is InChI=1S/C14H19Cl2NO2/c1-10(2)19-13-7-6-11(9-12(13)16)17-14(18)5-3-4-8-15/h6-7,9-10H,3-5,8H2,1-2H3,(H,17,18). The quantitative estimate of drug-likeness (QED) is 0.596. The number of benzene rings is 1. The van der Waals surface area contributed by atoms with E-state index in [1.165, 1.54) is 0 Å². The SMILES string of the molecule is CC(C)Oc1ccc(NC(=O)CCCCCl)cc1Cl. The van der Waals surface area contributed by atoms with Gasteiger partial charge >= 0.3 is 0 Å². The van der Waals surface area contributed by atoms with Crippen molar-refractivity contribution in [1.29, 1.82) is 0 Å². The number of alkyl halides is 1. The maximum Gasteiger partial charge on any atom is 0.224 e. The third kappa shape index (κ3) is 6.17. The number of nitrogens with one attached hydrogen (secondary N) is 1. The molecule has 1 amide bonds. The fraction of sp³-hybridized carbons (Fsp3) is 0.500. The van der Waals surface area contributed by atoms with E-state index in [1.807, 2.05) is 13.8 Å². The van der Waals surface area contributed by atoms with E-state index in [4.69, 9.17) is 27.9 Å². The average Bonchev–Trinajstić information content (AvgIpc) is 2.32. The van der Waals surface area contributed by atoms with Crippen molar-refractivity contribution in [2.75, 3.05) is 11.2 Å². The molecule has 0 spiro atoms. The van der Waals surface area contributed by atoms with Gasteiger partial charge in [0.1, 0.15) is 5.75 Å². The van der Waals surface area contributed by atoms with Gasteiger partial charge in [-0.3, -0.25) is 4.79 Å². The minimum Gasteiger partial charge on any atom is -0.489 e. The van der Waals surface area contributed by atoms with E-state index in [0.717, 1.165) is 12.8 Å². The molecular weight excluding hydrogens is 285 g/mol. The van der Waals surface area contributed by atoms with Gasteiger partial charge in [0.05, 0.1) is 11.1 Å². The van der Waals surface area contributed by atoms with E-state index in [-0.39, 0.29) is 12.0 Å². The Bertz CT molecular complexity index is 422. The molecule has 0 radical (unpaired) electrons. The first kappa shape index (κ1) is 16.1. The van der Waals surface area contributed by atoms with Gasteiger partial charge < -0.3 is 10.1 Å². The number of anilines is 1. The lowest BCUT2D eigenvalue weighted by molar-refractivity contribution is -0.116. The zero-order valence-corrected chi connectivity index (χ0v) is 12.7. The van der Waals surface area contributed by atoms with Gasteiger partial charge in [0, 0.05) is 18.0 Å². The summed E-state index contributed by atoms with van der Waals surface area (Å²) in [6.45, 7) is 3.87. The second-order valence-corrected chi connectivity index (χ2v) is 5.29. The summed E-state index contributed by atoms with van der Waals surface area (Å²) >= 11 is 11.7. The van der Waals surface area contributed by atoms with Crippen LogP contribution in [-0.2, 0) is 4.79 Å². The lowest BCUT2D eigenvalue weighted by atomic mass is 10.2. The van der Waals surface area contributed by atoms with Crippen molar-refractivity contribution in [2.45, 2.75) is 39.2 Å². The van der Waals surface area contributed by atoms with Gasteiger partial charge in [-0.25, -0.2) is 0 Å². The normalized spacial score (nSPS) is 10.6.